The van der Waals surface area contributed by atoms with Crippen LogP contribution in [0.25, 0.3) is 0 Å². The van der Waals surface area contributed by atoms with Crippen LogP contribution in [0.4, 0.5) is 0 Å². The number of fused-ring (bicyclic) bond motifs is 1. The minimum Gasteiger partial charge on any atom is -0.492 e. The molecule has 2 heteroatoms. The molecule has 0 bridgehead atoms. The van der Waals surface area contributed by atoms with Gasteiger partial charge in [-0.05, 0) is 18.6 Å². The predicted octanol–water partition coefficient (Wildman–Crippen LogP) is 3.20. The van der Waals surface area contributed by atoms with E-state index in [1.54, 1.807) is 0 Å². The van der Waals surface area contributed by atoms with Crippen LogP contribution in [0, 0.1) is 6.92 Å². The molecule has 92 valence electrons. The van der Waals surface area contributed by atoms with Crippen molar-refractivity contribution in [1.82, 2.24) is 0 Å². The number of aryl methyl sites for hydroxylation is 1. The van der Waals surface area contributed by atoms with Crippen molar-refractivity contribution in [3.63, 3.8) is 0 Å². The molecule has 1 aliphatic heterocycles. The van der Waals surface area contributed by atoms with Gasteiger partial charge < -0.3 is 9.84 Å². The average molecular weight is 240 g/mol. The van der Waals surface area contributed by atoms with Crippen LogP contribution in [-0.2, 0) is 0 Å². The van der Waals surface area contributed by atoms with Gasteiger partial charge in [-0.25, -0.2) is 0 Å². The minimum atomic E-state index is -0.488. The lowest BCUT2D eigenvalue weighted by Crippen LogP contribution is -2.24. The minimum absolute atomic E-state index is 0.0144. The maximum absolute atomic E-state index is 10.5. The smallest absolute Gasteiger partial charge is 0.125 e. The zero-order valence-corrected chi connectivity index (χ0v) is 10.3. The van der Waals surface area contributed by atoms with E-state index in [1.807, 2.05) is 24.3 Å². The zero-order chi connectivity index (χ0) is 12.5. The number of aliphatic hydroxyl groups is 1. The van der Waals surface area contributed by atoms with E-state index < -0.39 is 6.10 Å². The molecule has 0 aromatic heterocycles. The number of para-hydroxylation sites is 1. The fourth-order valence-electron chi connectivity index (χ4n) is 2.44. The summed E-state index contributed by atoms with van der Waals surface area (Å²) in [6, 6.07) is 16.0. The summed E-state index contributed by atoms with van der Waals surface area (Å²) < 4.78 is 5.73. The topological polar surface area (TPSA) is 29.5 Å². The van der Waals surface area contributed by atoms with Crippen LogP contribution in [0.5, 0.6) is 5.75 Å². The number of ether oxygens (including phenoxy) is 1. The van der Waals surface area contributed by atoms with Gasteiger partial charge in [0.05, 0.1) is 12.7 Å². The number of benzene rings is 2. The largest absolute Gasteiger partial charge is 0.492 e. The van der Waals surface area contributed by atoms with Crippen molar-refractivity contribution in [2.75, 3.05) is 6.61 Å². The summed E-state index contributed by atoms with van der Waals surface area (Å²) in [6.07, 6.45) is -0.488. The molecule has 2 nitrogen and oxygen atoms in total. The Morgan fingerprint density at radius 2 is 1.78 bits per heavy atom. The van der Waals surface area contributed by atoms with E-state index in [9.17, 15) is 5.11 Å². The molecule has 0 amide bonds. The molecule has 2 aromatic rings. The summed E-state index contributed by atoms with van der Waals surface area (Å²) in [7, 11) is 0. The van der Waals surface area contributed by atoms with Crippen LogP contribution in [-0.4, -0.2) is 11.7 Å². The van der Waals surface area contributed by atoms with Crippen LogP contribution in [0.3, 0.4) is 0 Å². The van der Waals surface area contributed by atoms with Gasteiger partial charge in [-0.1, -0.05) is 48.0 Å². The summed E-state index contributed by atoms with van der Waals surface area (Å²) >= 11 is 0. The van der Waals surface area contributed by atoms with Crippen LogP contribution in [0.1, 0.15) is 28.7 Å². The Bertz CT molecular complexity index is 545. The lowest BCUT2D eigenvalue weighted by molar-refractivity contribution is 0.0889. The molecule has 2 atom stereocenters. The van der Waals surface area contributed by atoms with Gasteiger partial charge in [-0.2, -0.15) is 0 Å². The molecule has 2 aromatic carbocycles. The highest BCUT2D eigenvalue weighted by atomic mass is 16.5. The highest BCUT2D eigenvalue weighted by Gasteiger charge is 2.30. The first-order valence-corrected chi connectivity index (χ1v) is 6.22. The van der Waals surface area contributed by atoms with E-state index in [1.165, 1.54) is 5.56 Å². The highest BCUT2D eigenvalue weighted by molar-refractivity contribution is 5.40. The number of aliphatic hydroxyl groups excluding tert-OH is 1. The molecular formula is C16H16O2. The van der Waals surface area contributed by atoms with Gasteiger partial charge in [0.15, 0.2) is 0 Å². The Kier molecular flexibility index (Phi) is 2.80. The van der Waals surface area contributed by atoms with E-state index in [4.69, 9.17) is 4.74 Å². The molecule has 18 heavy (non-hydrogen) atoms. The van der Waals surface area contributed by atoms with Crippen molar-refractivity contribution in [2.24, 2.45) is 0 Å². The third kappa shape index (κ3) is 1.89. The van der Waals surface area contributed by atoms with Gasteiger partial charge in [-0.15, -0.1) is 0 Å². The maximum atomic E-state index is 10.5. The SMILES string of the molecule is Cc1ccc(C2COc3ccccc3C2O)cc1. The second-order valence-electron chi connectivity index (χ2n) is 4.81. The van der Waals surface area contributed by atoms with Crippen LogP contribution in [0.15, 0.2) is 48.5 Å². The number of rotatable bonds is 1. The van der Waals surface area contributed by atoms with Crippen LogP contribution < -0.4 is 4.74 Å². The molecule has 0 aliphatic carbocycles. The van der Waals surface area contributed by atoms with E-state index in [0.29, 0.717) is 6.61 Å². The molecule has 0 saturated carbocycles. The Morgan fingerprint density at radius 1 is 1.06 bits per heavy atom. The lowest BCUT2D eigenvalue weighted by atomic mass is 9.87. The number of hydrogen-bond acceptors (Lipinski definition) is 2. The van der Waals surface area contributed by atoms with Crippen molar-refractivity contribution in [3.05, 3.63) is 65.2 Å². The van der Waals surface area contributed by atoms with E-state index in [0.717, 1.165) is 16.9 Å². The Morgan fingerprint density at radius 3 is 2.56 bits per heavy atom. The van der Waals surface area contributed by atoms with Gasteiger partial charge in [0.2, 0.25) is 0 Å². The van der Waals surface area contributed by atoms with E-state index >= 15 is 0 Å². The predicted molar refractivity (Wildman–Crippen MR) is 70.8 cm³/mol. The van der Waals surface area contributed by atoms with Crippen molar-refractivity contribution < 1.29 is 9.84 Å². The van der Waals surface area contributed by atoms with Crippen LogP contribution >= 0.6 is 0 Å². The summed E-state index contributed by atoms with van der Waals surface area (Å²) in [5.74, 6) is 0.814. The van der Waals surface area contributed by atoms with Crippen molar-refractivity contribution in [3.8, 4) is 5.75 Å². The molecule has 0 fully saturated rings. The third-order valence-corrected chi connectivity index (χ3v) is 3.54. The Hall–Kier alpha value is -1.80. The molecule has 2 unspecified atom stereocenters. The molecule has 0 radical (unpaired) electrons. The molecule has 3 rings (SSSR count). The Labute approximate surface area is 107 Å². The van der Waals surface area contributed by atoms with E-state index in [2.05, 4.69) is 31.2 Å². The molecule has 1 heterocycles. The summed E-state index contributed by atoms with van der Waals surface area (Å²) in [6.45, 7) is 2.59. The average Bonchev–Trinajstić information content (AvgIpc) is 2.41. The van der Waals surface area contributed by atoms with Gasteiger partial charge in [0.25, 0.3) is 0 Å². The fraction of sp³-hybridized carbons (Fsp3) is 0.250. The summed E-state index contributed by atoms with van der Waals surface area (Å²) in [4.78, 5) is 0. The normalized spacial score (nSPS) is 22.1. The molecule has 1 aliphatic rings. The second-order valence-corrected chi connectivity index (χ2v) is 4.81. The fourth-order valence-corrected chi connectivity index (χ4v) is 2.44. The first-order valence-electron chi connectivity index (χ1n) is 6.22. The monoisotopic (exact) mass is 240 g/mol. The Balaban J connectivity index is 1.95. The first kappa shape index (κ1) is 11.3. The van der Waals surface area contributed by atoms with Gasteiger partial charge in [0.1, 0.15) is 5.75 Å². The highest BCUT2D eigenvalue weighted by Crippen LogP contribution is 2.40. The molecular weight excluding hydrogens is 224 g/mol. The molecule has 0 spiro atoms. The lowest BCUT2D eigenvalue weighted by Gasteiger charge is -2.30. The maximum Gasteiger partial charge on any atom is 0.125 e. The number of hydrogen-bond donors (Lipinski definition) is 1. The summed E-state index contributed by atoms with van der Waals surface area (Å²) in [5.41, 5.74) is 3.24. The second kappa shape index (κ2) is 4.46. The van der Waals surface area contributed by atoms with Crippen molar-refractivity contribution >= 4 is 0 Å². The molecule has 1 N–H and O–H groups in total. The van der Waals surface area contributed by atoms with Crippen LogP contribution in [0.2, 0.25) is 0 Å². The zero-order valence-electron chi connectivity index (χ0n) is 10.3. The summed E-state index contributed by atoms with van der Waals surface area (Å²) in [5, 5.41) is 10.5. The van der Waals surface area contributed by atoms with Gasteiger partial charge >= 0.3 is 0 Å². The third-order valence-electron chi connectivity index (χ3n) is 3.54. The standard InChI is InChI=1S/C16H16O2/c1-11-6-8-12(9-7-11)14-10-18-15-5-3-2-4-13(15)16(14)17/h2-9,14,16-17H,10H2,1H3. The molecule has 0 saturated heterocycles. The van der Waals surface area contributed by atoms with Crippen molar-refractivity contribution in [1.29, 1.82) is 0 Å². The van der Waals surface area contributed by atoms with Crippen molar-refractivity contribution in [2.45, 2.75) is 18.9 Å². The van der Waals surface area contributed by atoms with E-state index in [-0.39, 0.29) is 5.92 Å². The first-order chi connectivity index (χ1) is 8.75. The quantitative estimate of drug-likeness (QED) is 0.829. The van der Waals surface area contributed by atoms with Gasteiger partial charge in [0, 0.05) is 11.5 Å². The van der Waals surface area contributed by atoms with Gasteiger partial charge in [-0.3, -0.25) is 0 Å².